The lowest BCUT2D eigenvalue weighted by Crippen LogP contribution is -2.40. The Morgan fingerprint density at radius 3 is 2.63 bits per heavy atom. The average Bonchev–Trinajstić information content (AvgIpc) is 3.58. The van der Waals surface area contributed by atoms with Crippen LogP contribution in [0.15, 0.2) is 69.5 Å². The molecule has 2 aromatic heterocycles. The summed E-state index contributed by atoms with van der Waals surface area (Å²) in [4.78, 5) is 2.31. The summed E-state index contributed by atoms with van der Waals surface area (Å²) >= 11 is 0. The van der Waals surface area contributed by atoms with Crippen LogP contribution in [0.4, 0.5) is 0 Å². The molecule has 6 rings (SSSR count). The number of ether oxygens (including phenoxy) is 2. The van der Waals surface area contributed by atoms with E-state index in [0.29, 0.717) is 41.3 Å². The molecule has 1 aliphatic rings. The predicted molar refractivity (Wildman–Crippen MR) is 145 cm³/mol. The lowest BCUT2D eigenvalue weighted by molar-refractivity contribution is 0.0598. The quantitative estimate of drug-likeness (QED) is 0.288. The summed E-state index contributed by atoms with van der Waals surface area (Å²) < 4.78 is 23.2. The van der Waals surface area contributed by atoms with Crippen molar-refractivity contribution >= 4 is 21.7 Å². The van der Waals surface area contributed by atoms with E-state index in [2.05, 4.69) is 51.5 Å². The second kappa shape index (κ2) is 10.5. The van der Waals surface area contributed by atoms with E-state index in [-0.39, 0.29) is 6.61 Å². The number of benzene rings is 3. The number of hydrogen-bond acceptors (Lipinski definition) is 8. The van der Waals surface area contributed by atoms with Gasteiger partial charge in [-0.15, -0.1) is 10.2 Å². The van der Waals surface area contributed by atoms with Gasteiger partial charge in [0.2, 0.25) is 5.89 Å². The van der Waals surface area contributed by atoms with Gasteiger partial charge in [-0.05, 0) is 54.9 Å². The van der Waals surface area contributed by atoms with Gasteiger partial charge in [0.05, 0.1) is 12.5 Å². The van der Waals surface area contributed by atoms with Crippen LogP contribution >= 0.6 is 0 Å². The summed E-state index contributed by atoms with van der Waals surface area (Å²) in [6.45, 7) is 4.33. The van der Waals surface area contributed by atoms with Gasteiger partial charge in [-0.1, -0.05) is 42.5 Å². The molecule has 3 aromatic carbocycles. The molecule has 38 heavy (non-hydrogen) atoms. The Morgan fingerprint density at radius 2 is 1.84 bits per heavy atom. The third-order valence-corrected chi connectivity index (χ3v) is 7.30. The number of aromatic nitrogens is 2. The molecule has 0 aliphatic carbocycles. The summed E-state index contributed by atoms with van der Waals surface area (Å²) in [6.07, 6.45) is 1.44. The number of aliphatic hydroxyl groups excluding tert-OH is 1. The van der Waals surface area contributed by atoms with Crippen LogP contribution in [0.2, 0.25) is 0 Å². The lowest BCUT2D eigenvalue weighted by atomic mass is 9.87. The molecular formula is C30H31N3O5. The maximum atomic E-state index is 10.8. The fourth-order valence-corrected chi connectivity index (χ4v) is 5.43. The first-order chi connectivity index (χ1) is 18.6. The van der Waals surface area contributed by atoms with E-state index in [0.717, 1.165) is 42.5 Å². The van der Waals surface area contributed by atoms with Crippen molar-refractivity contribution in [1.29, 1.82) is 0 Å². The normalized spacial score (nSPS) is 15.8. The zero-order valence-corrected chi connectivity index (χ0v) is 21.6. The van der Waals surface area contributed by atoms with Gasteiger partial charge in [0.25, 0.3) is 5.89 Å². The number of likely N-dealkylation sites (tertiary alicyclic amines) is 1. The minimum Gasteiger partial charge on any atom is -0.496 e. The summed E-state index contributed by atoms with van der Waals surface area (Å²) in [5.41, 5.74) is 1.94. The van der Waals surface area contributed by atoms with Crippen molar-refractivity contribution in [1.82, 2.24) is 15.1 Å². The number of nitrogens with zero attached hydrogens (tertiary/aromatic N) is 3. The number of furan rings is 1. The Kier molecular flexibility index (Phi) is 6.74. The zero-order chi connectivity index (χ0) is 26.1. The highest BCUT2D eigenvalue weighted by Gasteiger charge is 2.25. The first kappa shape index (κ1) is 24.5. The second-order valence-corrected chi connectivity index (χ2v) is 9.85. The number of aryl methyl sites for hydroxylation is 1. The van der Waals surface area contributed by atoms with Gasteiger partial charge in [0, 0.05) is 24.9 Å². The van der Waals surface area contributed by atoms with Crippen molar-refractivity contribution in [2.45, 2.75) is 31.8 Å². The molecule has 5 aromatic rings. The van der Waals surface area contributed by atoms with Crippen molar-refractivity contribution < 1.29 is 23.4 Å². The number of rotatable bonds is 8. The SMILES string of the molecule is COc1c(C2CCN(C[C@H](O)COc3cccc4oc(-c5nnc(C)o5)cc34)CC2)ccc2ccccc12. The fourth-order valence-electron chi connectivity index (χ4n) is 5.43. The third-order valence-electron chi connectivity index (χ3n) is 7.30. The van der Waals surface area contributed by atoms with Crippen molar-refractivity contribution in [3.8, 4) is 23.1 Å². The summed E-state index contributed by atoms with van der Waals surface area (Å²) in [6, 6.07) is 20.2. The fraction of sp³-hybridized carbons (Fsp3) is 0.333. The first-order valence-corrected chi connectivity index (χ1v) is 13.0. The van der Waals surface area contributed by atoms with Crippen LogP contribution < -0.4 is 9.47 Å². The highest BCUT2D eigenvalue weighted by atomic mass is 16.5. The van der Waals surface area contributed by atoms with Crippen LogP contribution in [-0.4, -0.2) is 59.7 Å². The van der Waals surface area contributed by atoms with E-state index in [4.69, 9.17) is 18.3 Å². The Hall–Kier alpha value is -3.88. The van der Waals surface area contributed by atoms with Gasteiger partial charge in [0.15, 0.2) is 5.76 Å². The predicted octanol–water partition coefficient (Wildman–Crippen LogP) is 5.57. The highest BCUT2D eigenvalue weighted by molar-refractivity contribution is 5.90. The van der Waals surface area contributed by atoms with Crippen LogP contribution in [0.3, 0.4) is 0 Å². The molecule has 1 fully saturated rings. The van der Waals surface area contributed by atoms with E-state index in [1.807, 2.05) is 24.3 Å². The molecule has 1 N–H and O–H groups in total. The second-order valence-electron chi connectivity index (χ2n) is 9.85. The van der Waals surface area contributed by atoms with Crippen LogP contribution in [0.5, 0.6) is 11.5 Å². The summed E-state index contributed by atoms with van der Waals surface area (Å²) in [5.74, 6) is 3.36. The van der Waals surface area contributed by atoms with Crippen LogP contribution in [0, 0.1) is 6.92 Å². The smallest absolute Gasteiger partial charge is 0.283 e. The maximum Gasteiger partial charge on any atom is 0.283 e. The molecule has 3 heterocycles. The van der Waals surface area contributed by atoms with Crippen LogP contribution in [0.1, 0.15) is 30.2 Å². The number of hydrogen-bond donors (Lipinski definition) is 1. The number of methoxy groups -OCH3 is 1. The molecule has 1 aliphatic heterocycles. The third kappa shape index (κ3) is 4.85. The molecule has 1 saturated heterocycles. The van der Waals surface area contributed by atoms with Gasteiger partial charge in [-0.25, -0.2) is 0 Å². The number of β-amino-alcohol motifs (C(OH)–C–C–N with tert-alkyl or cyclic N) is 1. The van der Waals surface area contributed by atoms with Gasteiger partial charge < -0.3 is 28.3 Å². The van der Waals surface area contributed by atoms with Crippen LogP contribution in [-0.2, 0) is 0 Å². The molecule has 0 saturated carbocycles. The molecule has 0 radical (unpaired) electrons. The molecule has 8 nitrogen and oxygen atoms in total. The van der Waals surface area contributed by atoms with Crippen molar-refractivity contribution in [3.63, 3.8) is 0 Å². The van der Waals surface area contributed by atoms with E-state index in [1.165, 1.54) is 10.9 Å². The number of aliphatic hydroxyl groups is 1. The van der Waals surface area contributed by atoms with Crippen molar-refractivity contribution in [2.75, 3.05) is 33.4 Å². The first-order valence-electron chi connectivity index (χ1n) is 13.0. The van der Waals surface area contributed by atoms with Gasteiger partial charge in [-0.2, -0.15) is 0 Å². The molecule has 0 spiro atoms. The highest BCUT2D eigenvalue weighted by Crippen LogP contribution is 2.39. The Morgan fingerprint density at radius 1 is 1.00 bits per heavy atom. The molecule has 196 valence electrons. The maximum absolute atomic E-state index is 10.8. The standard InChI is InChI=1S/C30H31N3O5/c1-19-31-32-30(37-19)28-16-25-26(8-5-9-27(25)38-28)36-18-22(34)17-33-14-12-21(13-15-33)24-11-10-20-6-3-4-7-23(20)29(24)35-2/h3-11,16,21-22,34H,12-15,17-18H2,1-2H3/t22-/m0/s1. The lowest BCUT2D eigenvalue weighted by Gasteiger charge is -2.34. The number of piperidine rings is 1. The monoisotopic (exact) mass is 513 g/mol. The molecule has 0 bridgehead atoms. The molecule has 0 unspecified atom stereocenters. The molecule has 1 atom stereocenters. The van der Waals surface area contributed by atoms with Crippen LogP contribution in [0.25, 0.3) is 33.4 Å². The van der Waals surface area contributed by atoms with Gasteiger partial charge in [0.1, 0.15) is 29.8 Å². The molecule has 0 amide bonds. The Balaban J connectivity index is 1.06. The summed E-state index contributed by atoms with van der Waals surface area (Å²) in [5, 5.41) is 21.8. The topological polar surface area (TPSA) is 94.0 Å². The summed E-state index contributed by atoms with van der Waals surface area (Å²) in [7, 11) is 1.76. The number of fused-ring (bicyclic) bond motifs is 2. The van der Waals surface area contributed by atoms with Crippen molar-refractivity contribution in [2.24, 2.45) is 0 Å². The Bertz CT molecular complexity index is 1550. The van der Waals surface area contributed by atoms with E-state index in [1.54, 1.807) is 14.0 Å². The van der Waals surface area contributed by atoms with E-state index < -0.39 is 6.10 Å². The van der Waals surface area contributed by atoms with Gasteiger partial charge >= 0.3 is 0 Å². The molecular weight excluding hydrogens is 482 g/mol. The minimum absolute atomic E-state index is 0.192. The van der Waals surface area contributed by atoms with Crippen molar-refractivity contribution in [3.05, 3.63) is 72.1 Å². The van der Waals surface area contributed by atoms with E-state index in [9.17, 15) is 5.11 Å². The average molecular weight is 514 g/mol. The molecule has 8 heteroatoms. The van der Waals surface area contributed by atoms with Gasteiger partial charge in [-0.3, -0.25) is 0 Å². The largest absolute Gasteiger partial charge is 0.496 e. The Labute approximate surface area is 220 Å². The minimum atomic E-state index is -0.609. The van der Waals surface area contributed by atoms with E-state index >= 15 is 0 Å². The zero-order valence-electron chi connectivity index (χ0n) is 21.6.